The van der Waals surface area contributed by atoms with Crippen molar-refractivity contribution in [1.29, 1.82) is 0 Å². The number of Topliss-reactive ketones (excluding diaryl/α,β-unsaturated/α-hetero) is 1. The number of carbonyl (C=O) groups is 4. The number of esters is 1. The summed E-state index contributed by atoms with van der Waals surface area (Å²) in [6.45, 7) is 9.05. The molecule has 0 radical (unpaired) electrons. The van der Waals surface area contributed by atoms with Crippen LogP contribution in [-0.2, 0) is 14.3 Å². The lowest BCUT2D eigenvalue weighted by molar-refractivity contribution is -0.148. The lowest BCUT2D eigenvalue weighted by Crippen LogP contribution is -2.43. The first-order chi connectivity index (χ1) is 15.2. The Morgan fingerprint density at radius 1 is 0.969 bits per heavy atom. The van der Waals surface area contributed by atoms with Crippen LogP contribution in [-0.4, -0.2) is 43.3 Å². The summed E-state index contributed by atoms with van der Waals surface area (Å²) >= 11 is 1.53. The van der Waals surface area contributed by atoms with Gasteiger partial charge in [-0.3, -0.25) is 30.0 Å². The third-order valence-corrected chi connectivity index (χ3v) is 5.80. The summed E-state index contributed by atoms with van der Waals surface area (Å²) in [5.41, 5.74) is 6.49. The first-order valence-corrected chi connectivity index (χ1v) is 11.3. The van der Waals surface area contributed by atoms with E-state index >= 15 is 0 Å². The number of benzene rings is 1. The number of anilines is 1. The van der Waals surface area contributed by atoms with Crippen molar-refractivity contribution in [2.45, 2.75) is 40.5 Å². The molecule has 0 aliphatic rings. The van der Waals surface area contributed by atoms with E-state index in [1.807, 2.05) is 26.0 Å². The molecule has 9 heteroatoms. The van der Waals surface area contributed by atoms with Gasteiger partial charge in [0.15, 0.2) is 12.4 Å². The van der Waals surface area contributed by atoms with Crippen LogP contribution in [0.2, 0.25) is 0 Å². The molecular weight excluding hydrogens is 430 g/mol. The van der Waals surface area contributed by atoms with Crippen molar-refractivity contribution in [3.63, 3.8) is 0 Å². The number of ether oxygens (including phenoxy) is 1. The largest absolute Gasteiger partial charge is 0.455 e. The zero-order chi connectivity index (χ0) is 23.7. The maximum atomic E-state index is 12.2. The van der Waals surface area contributed by atoms with E-state index in [9.17, 15) is 19.2 Å². The highest BCUT2D eigenvalue weighted by atomic mass is 32.1. The molecule has 2 aromatic rings. The fourth-order valence-electron chi connectivity index (χ4n) is 3.12. The van der Waals surface area contributed by atoms with Crippen molar-refractivity contribution < 1.29 is 23.9 Å². The monoisotopic (exact) mass is 459 g/mol. The summed E-state index contributed by atoms with van der Waals surface area (Å²) in [4.78, 5) is 52.1. The van der Waals surface area contributed by atoms with Crippen LogP contribution in [0.3, 0.4) is 0 Å². The summed E-state index contributed by atoms with van der Waals surface area (Å²) < 4.78 is 4.87. The molecule has 0 fully saturated rings. The van der Waals surface area contributed by atoms with Gasteiger partial charge in [-0.05, 0) is 58.0 Å². The molecule has 0 spiro atoms. The second kappa shape index (κ2) is 12.0. The number of amides is 2. The van der Waals surface area contributed by atoms with Crippen molar-refractivity contribution in [3.8, 4) is 0 Å². The Labute approximate surface area is 191 Å². The minimum atomic E-state index is -0.679. The summed E-state index contributed by atoms with van der Waals surface area (Å²) in [5.74, 6) is -1.95. The molecule has 1 heterocycles. The van der Waals surface area contributed by atoms with Crippen molar-refractivity contribution in [1.82, 2.24) is 10.9 Å². The van der Waals surface area contributed by atoms with Crippen molar-refractivity contribution >= 4 is 40.6 Å². The molecule has 0 aliphatic carbocycles. The van der Waals surface area contributed by atoms with Gasteiger partial charge in [-0.25, -0.2) is 0 Å². The fraction of sp³-hybridized carbons (Fsp3) is 0.391. The lowest BCUT2D eigenvalue weighted by atomic mass is 10.1. The molecule has 0 saturated heterocycles. The third-order valence-electron chi connectivity index (χ3n) is 4.84. The number of ketones is 1. The predicted molar refractivity (Wildman–Crippen MR) is 124 cm³/mol. The molecule has 2 rings (SSSR count). The zero-order valence-electron chi connectivity index (χ0n) is 18.8. The van der Waals surface area contributed by atoms with Crippen LogP contribution in [0.4, 0.5) is 5.69 Å². The molecule has 2 N–H and O–H groups in total. The summed E-state index contributed by atoms with van der Waals surface area (Å²) in [6.07, 6.45) is -0.108. The Hall–Kier alpha value is -3.20. The standard InChI is InChI=1S/C23H29N3O5S/c1-5-26(6-2)18-9-7-17(8-10-18)23(30)25-24-21(28)14-31-22(29)12-11-20(27)19-13-15(3)32-16(19)4/h7-10,13H,5-6,11-12,14H2,1-4H3,(H,24,28)(H,25,30). The van der Waals surface area contributed by atoms with E-state index < -0.39 is 24.4 Å². The molecule has 0 aliphatic heterocycles. The van der Waals surface area contributed by atoms with Gasteiger partial charge in [-0.15, -0.1) is 11.3 Å². The van der Waals surface area contributed by atoms with Crippen LogP contribution < -0.4 is 15.8 Å². The van der Waals surface area contributed by atoms with Gasteiger partial charge < -0.3 is 9.64 Å². The van der Waals surface area contributed by atoms with Gasteiger partial charge in [0, 0.05) is 46.1 Å². The molecule has 1 aromatic heterocycles. The predicted octanol–water partition coefficient (Wildman–Crippen LogP) is 3.18. The number of hydrogen-bond donors (Lipinski definition) is 2. The zero-order valence-corrected chi connectivity index (χ0v) is 19.6. The maximum Gasteiger partial charge on any atom is 0.306 e. The molecule has 1 aromatic carbocycles. The van der Waals surface area contributed by atoms with Crippen LogP contribution in [0, 0.1) is 13.8 Å². The normalized spacial score (nSPS) is 10.4. The van der Waals surface area contributed by atoms with E-state index in [-0.39, 0.29) is 18.6 Å². The van der Waals surface area contributed by atoms with E-state index in [2.05, 4.69) is 29.6 Å². The van der Waals surface area contributed by atoms with E-state index in [0.29, 0.717) is 11.1 Å². The second-order valence-corrected chi connectivity index (χ2v) is 8.59. The Bertz CT molecular complexity index is 965. The highest BCUT2D eigenvalue weighted by Crippen LogP contribution is 2.22. The highest BCUT2D eigenvalue weighted by Gasteiger charge is 2.15. The highest BCUT2D eigenvalue weighted by molar-refractivity contribution is 7.12. The van der Waals surface area contributed by atoms with Crippen molar-refractivity contribution in [2.24, 2.45) is 0 Å². The Kier molecular flexibility index (Phi) is 9.39. The Morgan fingerprint density at radius 3 is 2.19 bits per heavy atom. The van der Waals surface area contributed by atoms with Crippen molar-refractivity contribution in [3.05, 3.63) is 51.2 Å². The molecule has 2 amide bonds. The second-order valence-electron chi connectivity index (χ2n) is 7.13. The number of thiophene rings is 1. The van der Waals surface area contributed by atoms with E-state index in [1.165, 1.54) is 11.3 Å². The SMILES string of the molecule is CCN(CC)c1ccc(C(=O)NNC(=O)COC(=O)CCC(=O)c2cc(C)sc2C)cc1. The number of hydrazine groups is 1. The van der Waals surface area contributed by atoms with Gasteiger partial charge in [0.25, 0.3) is 11.8 Å². The number of aryl methyl sites for hydroxylation is 2. The van der Waals surface area contributed by atoms with Crippen LogP contribution in [0.15, 0.2) is 30.3 Å². The Morgan fingerprint density at radius 2 is 1.62 bits per heavy atom. The topological polar surface area (TPSA) is 105 Å². The molecule has 0 unspecified atom stereocenters. The first-order valence-electron chi connectivity index (χ1n) is 10.4. The molecule has 0 bridgehead atoms. The molecule has 0 atom stereocenters. The van der Waals surface area contributed by atoms with E-state index in [4.69, 9.17) is 4.74 Å². The van der Waals surface area contributed by atoms with Gasteiger partial charge in [0.2, 0.25) is 0 Å². The number of rotatable bonds is 10. The summed E-state index contributed by atoms with van der Waals surface area (Å²) in [6, 6.07) is 8.82. The molecule has 8 nitrogen and oxygen atoms in total. The van der Waals surface area contributed by atoms with Crippen LogP contribution >= 0.6 is 11.3 Å². The number of hydrogen-bond acceptors (Lipinski definition) is 7. The molecule has 172 valence electrons. The first kappa shape index (κ1) is 25.1. The summed E-state index contributed by atoms with van der Waals surface area (Å²) in [5, 5.41) is 0. The summed E-state index contributed by atoms with van der Waals surface area (Å²) in [7, 11) is 0. The molecular formula is C23H29N3O5S. The van der Waals surface area contributed by atoms with Crippen LogP contribution in [0.1, 0.15) is 57.2 Å². The minimum Gasteiger partial charge on any atom is -0.455 e. The van der Waals surface area contributed by atoms with Crippen molar-refractivity contribution in [2.75, 3.05) is 24.6 Å². The average Bonchev–Trinajstić information content (AvgIpc) is 3.13. The van der Waals surface area contributed by atoms with Gasteiger partial charge in [0.1, 0.15) is 0 Å². The lowest BCUT2D eigenvalue weighted by Gasteiger charge is -2.21. The molecule has 0 saturated carbocycles. The molecule has 32 heavy (non-hydrogen) atoms. The van der Waals surface area contributed by atoms with E-state index in [0.717, 1.165) is 28.5 Å². The number of carbonyl (C=O) groups excluding carboxylic acids is 4. The third kappa shape index (κ3) is 7.19. The smallest absolute Gasteiger partial charge is 0.306 e. The van der Waals surface area contributed by atoms with E-state index in [1.54, 1.807) is 18.2 Å². The van der Waals surface area contributed by atoms with Crippen LogP contribution in [0.5, 0.6) is 0 Å². The maximum absolute atomic E-state index is 12.2. The van der Waals surface area contributed by atoms with Crippen LogP contribution in [0.25, 0.3) is 0 Å². The Balaban J connectivity index is 1.71. The quantitative estimate of drug-likeness (QED) is 0.321. The average molecular weight is 460 g/mol. The van der Waals surface area contributed by atoms with Gasteiger partial charge in [-0.2, -0.15) is 0 Å². The van der Waals surface area contributed by atoms with Gasteiger partial charge in [0.05, 0.1) is 6.42 Å². The van der Waals surface area contributed by atoms with Gasteiger partial charge in [-0.1, -0.05) is 0 Å². The number of nitrogens with one attached hydrogen (secondary N) is 2. The minimum absolute atomic E-state index is 0.0116. The fourth-order valence-corrected chi connectivity index (χ4v) is 4.07. The van der Waals surface area contributed by atoms with Gasteiger partial charge >= 0.3 is 5.97 Å². The number of nitrogens with zero attached hydrogens (tertiary/aromatic N) is 1.